The van der Waals surface area contributed by atoms with E-state index in [1.54, 1.807) is 6.92 Å². The lowest BCUT2D eigenvalue weighted by atomic mass is 9.91. The second-order valence-electron chi connectivity index (χ2n) is 8.49. The van der Waals surface area contributed by atoms with E-state index in [2.05, 4.69) is 20.8 Å². The van der Waals surface area contributed by atoms with Gasteiger partial charge in [0.15, 0.2) is 0 Å². The fourth-order valence-corrected chi connectivity index (χ4v) is 3.84. The summed E-state index contributed by atoms with van der Waals surface area (Å²) in [6, 6.07) is 0. The molecule has 0 aliphatic carbocycles. The maximum atomic E-state index is 11.5. The zero-order chi connectivity index (χ0) is 19.5. The summed E-state index contributed by atoms with van der Waals surface area (Å²) in [5.41, 5.74) is -0.240. The van der Waals surface area contributed by atoms with E-state index < -0.39 is 0 Å². The second kappa shape index (κ2) is 17.9. The monoisotopic (exact) mass is 368 g/mol. The molecule has 0 saturated carbocycles. The van der Waals surface area contributed by atoms with Gasteiger partial charge in [-0.1, -0.05) is 104 Å². The lowest BCUT2D eigenvalue weighted by Gasteiger charge is -2.29. The van der Waals surface area contributed by atoms with Crippen molar-refractivity contribution < 1.29 is 9.53 Å². The van der Waals surface area contributed by atoms with Gasteiger partial charge in [-0.3, -0.25) is 4.79 Å². The highest BCUT2D eigenvalue weighted by Crippen LogP contribution is 2.27. The molecule has 26 heavy (non-hydrogen) atoms. The van der Waals surface area contributed by atoms with Gasteiger partial charge in [-0.2, -0.15) is 0 Å². The van der Waals surface area contributed by atoms with Crippen LogP contribution >= 0.6 is 0 Å². The van der Waals surface area contributed by atoms with E-state index in [4.69, 9.17) is 4.74 Å². The molecule has 2 nitrogen and oxygen atoms in total. The lowest BCUT2D eigenvalue weighted by molar-refractivity contribution is -0.157. The average Bonchev–Trinajstić information content (AvgIpc) is 2.59. The highest BCUT2D eigenvalue weighted by atomic mass is 16.6. The first-order chi connectivity index (χ1) is 12.5. The van der Waals surface area contributed by atoms with Gasteiger partial charge >= 0.3 is 5.97 Å². The van der Waals surface area contributed by atoms with E-state index in [0.29, 0.717) is 0 Å². The summed E-state index contributed by atoms with van der Waals surface area (Å²) in [6.45, 7) is 8.24. The van der Waals surface area contributed by atoms with Crippen molar-refractivity contribution in [1.82, 2.24) is 0 Å². The number of carbonyl (C=O) groups is 1. The van der Waals surface area contributed by atoms with Gasteiger partial charge in [-0.05, 0) is 32.6 Å². The van der Waals surface area contributed by atoms with Crippen LogP contribution < -0.4 is 0 Å². The van der Waals surface area contributed by atoms with Crippen molar-refractivity contribution in [1.29, 1.82) is 0 Å². The first-order valence-corrected chi connectivity index (χ1v) is 11.7. The molecule has 0 fully saturated rings. The number of unbranched alkanes of at least 4 members (excludes halogenated alkanes) is 14. The van der Waals surface area contributed by atoms with Crippen LogP contribution in [0.15, 0.2) is 0 Å². The number of hydrogen-bond donors (Lipinski definition) is 0. The third-order valence-electron chi connectivity index (χ3n) is 5.51. The molecule has 0 unspecified atom stereocenters. The van der Waals surface area contributed by atoms with Crippen LogP contribution in [0.3, 0.4) is 0 Å². The van der Waals surface area contributed by atoms with Gasteiger partial charge in [-0.15, -0.1) is 0 Å². The summed E-state index contributed by atoms with van der Waals surface area (Å²) in [5.74, 6) is -0.119. The Morgan fingerprint density at radius 2 is 0.923 bits per heavy atom. The number of ether oxygens (including phenoxy) is 1. The molecule has 0 bridgehead atoms. The van der Waals surface area contributed by atoms with Gasteiger partial charge < -0.3 is 4.74 Å². The molecule has 0 radical (unpaired) electrons. The summed E-state index contributed by atoms with van der Waals surface area (Å²) < 4.78 is 5.72. The molecule has 0 spiro atoms. The highest BCUT2D eigenvalue weighted by Gasteiger charge is 2.26. The predicted octanol–water partition coefficient (Wildman–Crippen LogP) is 8.37. The van der Waals surface area contributed by atoms with Gasteiger partial charge in [0.05, 0.1) is 0 Å². The summed E-state index contributed by atoms with van der Waals surface area (Å²) in [6.07, 6.45) is 23.3. The zero-order valence-corrected chi connectivity index (χ0v) is 18.5. The maximum absolute atomic E-state index is 11.5. The Balaban J connectivity index is 3.84. The highest BCUT2D eigenvalue weighted by molar-refractivity contribution is 5.66. The second-order valence-corrected chi connectivity index (χ2v) is 8.49. The maximum Gasteiger partial charge on any atom is 0.303 e. The fraction of sp³-hybridized carbons (Fsp3) is 0.958. The minimum Gasteiger partial charge on any atom is -0.460 e. The van der Waals surface area contributed by atoms with Crippen LogP contribution in [-0.4, -0.2) is 11.6 Å². The Bertz CT molecular complexity index is 291. The molecule has 0 saturated heterocycles. The van der Waals surface area contributed by atoms with Crippen LogP contribution in [-0.2, 0) is 9.53 Å². The van der Waals surface area contributed by atoms with E-state index in [9.17, 15) is 4.79 Å². The van der Waals surface area contributed by atoms with Crippen LogP contribution in [0.2, 0.25) is 0 Å². The van der Waals surface area contributed by atoms with Crippen LogP contribution in [0, 0.1) is 0 Å². The molecule has 0 atom stereocenters. The van der Waals surface area contributed by atoms with E-state index in [0.717, 1.165) is 12.8 Å². The number of rotatable bonds is 19. The van der Waals surface area contributed by atoms with Crippen molar-refractivity contribution in [2.45, 2.75) is 149 Å². The predicted molar refractivity (Wildman–Crippen MR) is 115 cm³/mol. The molecular weight excluding hydrogens is 320 g/mol. The van der Waals surface area contributed by atoms with Crippen molar-refractivity contribution in [3.8, 4) is 0 Å². The molecule has 0 rings (SSSR count). The Morgan fingerprint density at radius 3 is 1.23 bits per heavy atom. The Kier molecular flexibility index (Phi) is 17.5. The SMILES string of the molecule is CCCCCCCCCCC(C)(CCCCCCCCCC)OC(C)=O. The van der Waals surface area contributed by atoms with Gasteiger partial charge in [0.2, 0.25) is 0 Å². The summed E-state index contributed by atoms with van der Waals surface area (Å²) in [7, 11) is 0. The molecule has 0 aliphatic heterocycles. The molecular formula is C24H48O2. The van der Waals surface area contributed by atoms with Crippen molar-refractivity contribution in [3.63, 3.8) is 0 Å². The number of esters is 1. The van der Waals surface area contributed by atoms with Gasteiger partial charge in [-0.25, -0.2) is 0 Å². The Morgan fingerprint density at radius 1 is 0.615 bits per heavy atom. The standard InChI is InChI=1S/C24H48O2/c1-5-7-9-11-13-15-17-19-21-24(4,26-23(3)25)22-20-18-16-14-12-10-8-6-2/h5-22H2,1-4H3. The first kappa shape index (κ1) is 25.5. The van der Waals surface area contributed by atoms with Crippen molar-refractivity contribution in [2.24, 2.45) is 0 Å². The molecule has 0 N–H and O–H groups in total. The van der Waals surface area contributed by atoms with E-state index in [-0.39, 0.29) is 11.6 Å². The largest absolute Gasteiger partial charge is 0.460 e. The topological polar surface area (TPSA) is 26.3 Å². The van der Waals surface area contributed by atoms with E-state index in [1.165, 1.54) is 103 Å². The zero-order valence-electron chi connectivity index (χ0n) is 18.5. The van der Waals surface area contributed by atoms with Crippen LogP contribution in [0.5, 0.6) is 0 Å². The van der Waals surface area contributed by atoms with Crippen LogP contribution in [0.1, 0.15) is 143 Å². The molecule has 0 aromatic heterocycles. The number of carbonyl (C=O) groups excluding carboxylic acids is 1. The lowest BCUT2D eigenvalue weighted by Crippen LogP contribution is -2.31. The van der Waals surface area contributed by atoms with Crippen LogP contribution in [0.4, 0.5) is 0 Å². The molecule has 0 aliphatic rings. The first-order valence-electron chi connectivity index (χ1n) is 11.7. The molecule has 0 aromatic rings. The minimum atomic E-state index is -0.240. The smallest absolute Gasteiger partial charge is 0.303 e. The molecule has 156 valence electrons. The molecule has 0 aromatic carbocycles. The molecule has 0 amide bonds. The van der Waals surface area contributed by atoms with Crippen molar-refractivity contribution in [3.05, 3.63) is 0 Å². The van der Waals surface area contributed by atoms with Gasteiger partial charge in [0, 0.05) is 6.92 Å². The van der Waals surface area contributed by atoms with Gasteiger partial charge in [0.25, 0.3) is 0 Å². The molecule has 0 heterocycles. The summed E-state index contributed by atoms with van der Waals surface area (Å²) in [4.78, 5) is 11.5. The Labute approximate surface area is 164 Å². The summed E-state index contributed by atoms with van der Waals surface area (Å²) in [5, 5.41) is 0. The van der Waals surface area contributed by atoms with E-state index in [1.807, 2.05) is 0 Å². The fourth-order valence-electron chi connectivity index (χ4n) is 3.84. The third-order valence-corrected chi connectivity index (χ3v) is 5.51. The van der Waals surface area contributed by atoms with Gasteiger partial charge in [0.1, 0.15) is 5.60 Å². The van der Waals surface area contributed by atoms with Crippen LogP contribution in [0.25, 0.3) is 0 Å². The third kappa shape index (κ3) is 16.9. The quantitative estimate of drug-likeness (QED) is 0.169. The minimum absolute atomic E-state index is 0.119. The number of hydrogen-bond acceptors (Lipinski definition) is 2. The Hall–Kier alpha value is -0.530. The van der Waals surface area contributed by atoms with E-state index >= 15 is 0 Å². The average molecular weight is 369 g/mol. The van der Waals surface area contributed by atoms with Crippen molar-refractivity contribution >= 4 is 5.97 Å². The normalized spacial score (nSPS) is 11.7. The van der Waals surface area contributed by atoms with Crippen molar-refractivity contribution in [2.75, 3.05) is 0 Å². The molecule has 2 heteroatoms. The summed E-state index contributed by atoms with van der Waals surface area (Å²) >= 11 is 0.